The van der Waals surface area contributed by atoms with Crippen LogP contribution < -0.4 is 11.2 Å². The second-order valence-corrected chi connectivity index (χ2v) is 6.32. The van der Waals surface area contributed by atoms with Gasteiger partial charge in [0.05, 0.1) is 18.5 Å². The first-order valence-corrected chi connectivity index (χ1v) is 8.42. The molecule has 0 spiro atoms. The van der Waals surface area contributed by atoms with Crippen molar-refractivity contribution in [1.29, 1.82) is 0 Å². The van der Waals surface area contributed by atoms with Gasteiger partial charge in [0.25, 0.3) is 5.56 Å². The SMILES string of the molecule is Cn1c(=O)[nH]c(=O)c2c1nc1n(Cc3ccco3)c(-c3ccccc3)cn21. The molecule has 4 aromatic heterocycles. The molecule has 1 N–H and O–H groups in total. The Balaban J connectivity index is 1.88. The molecule has 0 radical (unpaired) electrons. The summed E-state index contributed by atoms with van der Waals surface area (Å²) in [5.74, 6) is 1.33. The number of aromatic amines is 1. The Morgan fingerprint density at radius 1 is 1.11 bits per heavy atom. The zero-order valence-corrected chi connectivity index (χ0v) is 14.4. The maximum absolute atomic E-state index is 12.4. The summed E-state index contributed by atoms with van der Waals surface area (Å²) in [7, 11) is 1.59. The maximum Gasteiger partial charge on any atom is 0.329 e. The number of fused-ring (bicyclic) bond motifs is 3. The Kier molecular flexibility index (Phi) is 3.20. The number of aromatic nitrogens is 5. The van der Waals surface area contributed by atoms with Crippen molar-refractivity contribution in [2.45, 2.75) is 6.54 Å². The molecule has 0 amide bonds. The number of nitrogens with zero attached hydrogens (tertiary/aromatic N) is 4. The molecule has 0 aliphatic rings. The number of nitrogens with one attached hydrogen (secondary N) is 1. The fourth-order valence-corrected chi connectivity index (χ4v) is 3.36. The van der Waals surface area contributed by atoms with Crippen molar-refractivity contribution >= 4 is 16.9 Å². The molecule has 0 saturated carbocycles. The third kappa shape index (κ3) is 2.27. The van der Waals surface area contributed by atoms with Gasteiger partial charge in [0, 0.05) is 13.2 Å². The minimum Gasteiger partial charge on any atom is -0.467 e. The number of H-pyrrole nitrogens is 1. The maximum atomic E-state index is 12.4. The normalized spacial score (nSPS) is 11.6. The van der Waals surface area contributed by atoms with Gasteiger partial charge in [-0.15, -0.1) is 0 Å². The quantitative estimate of drug-likeness (QED) is 0.532. The summed E-state index contributed by atoms with van der Waals surface area (Å²) >= 11 is 0. The van der Waals surface area contributed by atoms with Crippen LogP contribution in [0.5, 0.6) is 0 Å². The molecule has 0 aliphatic heterocycles. The molecule has 8 nitrogen and oxygen atoms in total. The van der Waals surface area contributed by atoms with Gasteiger partial charge in [-0.1, -0.05) is 30.3 Å². The van der Waals surface area contributed by atoms with Crippen LogP contribution in [0, 0.1) is 0 Å². The molecular formula is C19H15N5O3. The molecule has 4 heterocycles. The average Bonchev–Trinajstić information content (AvgIpc) is 3.37. The lowest BCUT2D eigenvalue weighted by molar-refractivity contribution is 0.497. The predicted molar refractivity (Wildman–Crippen MR) is 99.8 cm³/mol. The van der Waals surface area contributed by atoms with Gasteiger partial charge in [-0.25, -0.2) is 4.79 Å². The van der Waals surface area contributed by atoms with Crippen LogP contribution in [-0.2, 0) is 13.6 Å². The molecular weight excluding hydrogens is 346 g/mol. The first-order chi connectivity index (χ1) is 13.1. The van der Waals surface area contributed by atoms with Crippen molar-refractivity contribution in [3.05, 3.63) is 81.5 Å². The molecule has 8 heteroatoms. The molecule has 0 saturated heterocycles. The van der Waals surface area contributed by atoms with E-state index in [4.69, 9.17) is 4.42 Å². The minimum absolute atomic E-state index is 0.336. The van der Waals surface area contributed by atoms with Crippen LogP contribution in [0.1, 0.15) is 5.76 Å². The molecule has 0 aliphatic carbocycles. The van der Waals surface area contributed by atoms with E-state index in [0.717, 1.165) is 17.0 Å². The third-order valence-electron chi connectivity index (χ3n) is 4.68. The van der Waals surface area contributed by atoms with Crippen LogP contribution in [0.4, 0.5) is 0 Å². The van der Waals surface area contributed by atoms with Crippen molar-refractivity contribution in [2.24, 2.45) is 7.05 Å². The van der Waals surface area contributed by atoms with E-state index in [0.29, 0.717) is 23.5 Å². The van der Waals surface area contributed by atoms with E-state index in [9.17, 15) is 9.59 Å². The minimum atomic E-state index is -0.492. The van der Waals surface area contributed by atoms with Gasteiger partial charge in [0.15, 0.2) is 11.2 Å². The number of rotatable bonds is 3. The first-order valence-electron chi connectivity index (χ1n) is 8.42. The fourth-order valence-electron chi connectivity index (χ4n) is 3.36. The summed E-state index contributed by atoms with van der Waals surface area (Å²) in [5, 5.41) is 0. The summed E-state index contributed by atoms with van der Waals surface area (Å²) in [6.07, 6.45) is 3.48. The fraction of sp³-hybridized carbons (Fsp3) is 0.105. The highest BCUT2D eigenvalue weighted by atomic mass is 16.3. The summed E-state index contributed by atoms with van der Waals surface area (Å²) in [5.41, 5.74) is 1.60. The molecule has 0 atom stereocenters. The standard InChI is InChI=1S/C19H15N5O3/c1-22-16-15(17(25)21-19(22)26)24-11-14(12-6-3-2-4-7-12)23(18(24)20-16)10-13-8-5-9-27-13/h2-9,11H,10H2,1H3,(H,21,25,26). The Morgan fingerprint density at radius 3 is 2.67 bits per heavy atom. The number of aryl methyl sites for hydroxylation is 1. The van der Waals surface area contributed by atoms with Crippen molar-refractivity contribution in [3.63, 3.8) is 0 Å². The molecule has 27 heavy (non-hydrogen) atoms. The number of furan rings is 1. The Morgan fingerprint density at radius 2 is 1.93 bits per heavy atom. The van der Waals surface area contributed by atoms with E-state index in [1.807, 2.05) is 53.2 Å². The van der Waals surface area contributed by atoms with Crippen molar-refractivity contribution in [1.82, 2.24) is 23.5 Å². The third-order valence-corrected chi connectivity index (χ3v) is 4.68. The number of imidazole rings is 2. The summed E-state index contributed by atoms with van der Waals surface area (Å²) in [6.45, 7) is 0.447. The van der Waals surface area contributed by atoms with E-state index >= 15 is 0 Å². The van der Waals surface area contributed by atoms with Crippen LogP contribution in [0.3, 0.4) is 0 Å². The van der Waals surface area contributed by atoms with Crippen molar-refractivity contribution in [3.8, 4) is 11.3 Å². The van der Waals surface area contributed by atoms with Gasteiger partial charge in [-0.2, -0.15) is 4.98 Å². The monoisotopic (exact) mass is 361 g/mol. The van der Waals surface area contributed by atoms with Gasteiger partial charge in [0.1, 0.15) is 5.76 Å². The van der Waals surface area contributed by atoms with Crippen LogP contribution in [0.2, 0.25) is 0 Å². The van der Waals surface area contributed by atoms with E-state index in [1.54, 1.807) is 17.7 Å². The molecule has 5 rings (SSSR count). The lowest BCUT2D eigenvalue weighted by atomic mass is 10.1. The highest BCUT2D eigenvalue weighted by Gasteiger charge is 2.20. The summed E-state index contributed by atoms with van der Waals surface area (Å²) < 4.78 is 10.5. The zero-order valence-electron chi connectivity index (χ0n) is 14.4. The van der Waals surface area contributed by atoms with Crippen molar-refractivity contribution < 1.29 is 4.42 Å². The van der Waals surface area contributed by atoms with E-state index in [1.165, 1.54) is 4.57 Å². The molecule has 0 fully saturated rings. The molecule has 0 bridgehead atoms. The number of hydrogen-bond acceptors (Lipinski definition) is 4. The number of hydrogen-bond donors (Lipinski definition) is 1. The lowest BCUT2D eigenvalue weighted by Gasteiger charge is -2.07. The van der Waals surface area contributed by atoms with Crippen LogP contribution in [-0.4, -0.2) is 23.5 Å². The topological polar surface area (TPSA) is 90.2 Å². The zero-order chi connectivity index (χ0) is 18.5. The van der Waals surface area contributed by atoms with Crippen LogP contribution in [0.25, 0.3) is 28.2 Å². The smallest absolute Gasteiger partial charge is 0.329 e. The highest BCUT2D eigenvalue weighted by molar-refractivity contribution is 5.78. The summed E-state index contributed by atoms with van der Waals surface area (Å²) in [4.78, 5) is 31.3. The Bertz CT molecular complexity index is 1380. The Labute approximate surface area is 151 Å². The second kappa shape index (κ2) is 5.60. The molecule has 5 aromatic rings. The van der Waals surface area contributed by atoms with Crippen LogP contribution in [0.15, 0.2) is 68.9 Å². The van der Waals surface area contributed by atoms with Crippen molar-refractivity contribution in [2.75, 3.05) is 0 Å². The predicted octanol–water partition coefficient (Wildman–Crippen LogP) is 1.98. The van der Waals surface area contributed by atoms with Gasteiger partial charge in [-0.05, 0) is 17.7 Å². The first kappa shape index (κ1) is 15.4. The second-order valence-electron chi connectivity index (χ2n) is 6.32. The Hall–Kier alpha value is -3.81. The number of benzene rings is 1. The van der Waals surface area contributed by atoms with Gasteiger partial charge >= 0.3 is 5.69 Å². The van der Waals surface area contributed by atoms with Gasteiger partial charge in [-0.3, -0.25) is 18.7 Å². The average molecular weight is 361 g/mol. The lowest BCUT2D eigenvalue weighted by Crippen LogP contribution is -2.28. The van der Waals surface area contributed by atoms with Gasteiger partial charge < -0.3 is 8.98 Å². The summed E-state index contributed by atoms with van der Waals surface area (Å²) in [6, 6.07) is 13.6. The van der Waals surface area contributed by atoms with Gasteiger partial charge in [0.2, 0.25) is 5.78 Å². The molecule has 1 aromatic carbocycles. The molecule has 0 unspecified atom stereocenters. The van der Waals surface area contributed by atoms with E-state index in [-0.39, 0.29) is 0 Å². The largest absolute Gasteiger partial charge is 0.467 e. The van der Waals surface area contributed by atoms with E-state index < -0.39 is 11.2 Å². The highest BCUT2D eigenvalue weighted by Crippen LogP contribution is 2.26. The van der Waals surface area contributed by atoms with E-state index in [2.05, 4.69) is 9.97 Å². The molecule has 134 valence electrons. The van der Waals surface area contributed by atoms with Crippen LogP contribution >= 0.6 is 0 Å².